The molecule has 0 saturated heterocycles. The van der Waals surface area contributed by atoms with E-state index in [4.69, 9.17) is 10.2 Å². The molecular weight excluding hydrogens is 104 g/mol. The maximum atomic E-state index is 8.65. The van der Waals surface area contributed by atoms with E-state index in [9.17, 15) is 0 Å². The highest BCUT2D eigenvalue weighted by molar-refractivity contribution is 5.07. The summed E-state index contributed by atoms with van der Waals surface area (Å²) in [7, 11) is 0. The van der Waals surface area contributed by atoms with Gasteiger partial charge in [0.05, 0.1) is 0 Å². The first-order valence-electron chi connectivity index (χ1n) is 2.21. The van der Waals surface area contributed by atoms with E-state index < -0.39 is 6.10 Å². The summed E-state index contributed by atoms with van der Waals surface area (Å²) in [6.07, 6.45) is 1.26. The SMILES string of the molecule is C=C[C](O)[C@@H](O)C=C. The number of aliphatic hydroxyl groups is 2. The first-order chi connectivity index (χ1) is 3.72. The zero-order chi connectivity index (χ0) is 6.57. The Hall–Kier alpha value is -0.600. The molecular formula is C6H9O2. The molecule has 1 atom stereocenters. The van der Waals surface area contributed by atoms with E-state index in [1.165, 1.54) is 12.2 Å². The van der Waals surface area contributed by atoms with E-state index in [0.29, 0.717) is 0 Å². The van der Waals surface area contributed by atoms with Gasteiger partial charge >= 0.3 is 0 Å². The summed E-state index contributed by atoms with van der Waals surface area (Å²) < 4.78 is 0. The summed E-state index contributed by atoms with van der Waals surface area (Å²) in [4.78, 5) is 0. The van der Waals surface area contributed by atoms with Crippen LogP contribution in [0.25, 0.3) is 0 Å². The van der Waals surface area contributed by atoms with E-state index in [-0.39, 0.29) is 6.10 Å². The summed E-state index contributed by atoms with van der Waals surface area (Å²) in [5.74, 6) is 0. The second-order valence-corrected chi connectivity index (χ2v) is 1.31. The third-order valence-corrected chi connectivity index (χ3v) is 0.735. The summed E-state index contributed by atoms with van der Waals surface area (Å²) in [6.45, 7) is 6.49. The molecule has 0 aliphatic heterocycles. The van der Waals surface area contributed by atoms with Crippen LogP contribution in [0, 0.1) is 6.10 Å². The van der Waals surface area contributed by atoms with Crippen LogP contribution in [0.4, 0.5) is 0 Å². The van der Waals surface area contributed by atoms with Crippen molar-refractivity contribution in [3.05, 3.63) is 31.4 Å². The second-order valence-electron chi connectivity index (χ2n) is 1.31. The fourth-order valence-corrected chi connectivity index (χ4v) is 0.241. The van der Waals surface area contributed by atoms with Gasteiger partial charge in [-0.2, -0.15) is 0 Å². The Morgan fingerprint density at radius 2 is 2.00 bits per heavy atom. The average molecular weight is 113 g/mol. The fourth-order valence-electron chi connectivity index (χ4n) is 0.241. The van der Waals surface area contributed by atoms with E-state index in [0.717, 1.165) is 0 Å². The monoisotopic (exact) mass is 113 g/mol. The molecule has 0 aliphatic rings. The largest absolute Gasteiger partial charge is 0.386 e. The number of aliphatic hydroxyl groups excluding tert-OH is 2. The Morgan fingerprint density at radius 3 is 2.12 bits per heavy atom. The third kappa shape index (κ3) is 1.91. The Balaban J connectivity index is 3.60. The molecule has 0 heterocycles. The maximum absolute atomic E-state index is 8.65. The molecule has 0 bridgehead atoms. The van der Waals surface area contributed by atoms with Crippen molar-refractivity contribution in [2.45, 2.75) is 6.10 Å². The highest BCUT2D eigenvalue weighted by atomic mass is 16.3. The van der Waals surface area contributed by atoms with Crippen LogP contribution in [-0.2, 0) is 0 Å². The van der Waals surface area contributed by atoms with Gasteiger partial charge in [0, 0.05) is 0 Å². The van der Waals surface area contributed by atoms with Crippen LogP contribution >= 0.6 is 0 Å². The minimum atomic E-state index is -0.965. The average Bonchev–Trinajstić information content (AvgIpc) is 1.84. The van der Waals surface area contributed by atoms with Crippen molar-refractivity contribution in [3.8, 4) is 0 Å². The van der Waals surface area contributed by atoms with Crippen molar-refractivity contribution in [1.82, 2.24) is 0 Å². The molecule has 0 aromatic heterocycles. The van der Waals surface area contributed by atoms with Gasteiger partial charge < -0.3 is 10.2 Å². The van der Waals surface area contributed by atoms with Crippen LogP contribution in [0.15, 0.2) is 25.3 Å². The van der Waals surface area contributed by atoms with Gasteiger partial charge in [-0.05, 0) is 0 Å². The van der Waals surface area contributed by atoms with Crippen LogP contribution in [0.2, 0.25) is 0 Å². The number of hydrogen-bond acceptors (Lipinski definition) is 2. The summed E-state index contributed by atoms with van der Waals surface area (Å²) in [6, 6.07) is 0. The van der Waals surface area contributed by atoms with Gasteiger partial charge in [0.25, 0.3) is 0 Å². The van der Waals surface area contributed by atoms with Crippen LogP contribution in [0.1, 0.15) is 0 Å². The third-order valence-electron chi connectivity index (χ3n) is 0.735. The Morgan fingerprint density at radius 1 is 1.50 bits per heavy atom. The first-order valence-corrected chi connectivity index (χ1v) is 2.21. The molecule has 2 heteroatoms. The second kappa shape index (κ2) is 3.41. The molecule has 8 heavy (non-hydrogen) atoms. The van der Waals surface area contributed by atoms with Crippen LogP contribution in [0.3, 0.4) is 0 Å². The molecule has 0 aromatic rings. The molecule has 0 aromatic carbocycles. The Labute approximate surface area is 48.8 Å². The van der Waals surface area contributed by atoms with Gasteiger partial charge in [-0.1, -0.05) is 12.2 Å². The van der Waals surface area contributed by atoms with Crippen molar-refractivity contribution in [2.24, 2.45) is 0 Å². The Kier molecular flexibility index (Phi) is 3.15. The topological polar surface area (TPSA) is 40.5 Å². The molecule has 2 nitrogen and oxygen atoms in total. The van der Waals surface area contributed by atoms with Crippen molar-refractivity contribution in [3.63, 3.8) is 0 Å². The molecule has 0 amide bonds. The van der Waals surface area contributed by atoms with Crippen molar-refractivity contribution >= 4 is 0 Å². The van der Waals surface area contributed by atoms with Gasteiger partial charge in [-0.25, -0.2) is 0 Å². The summed E-state index contributed by atoms with van der Waals surface area (Å²) >= 11 is 0. The van der Waals surface area contributed by atoms with Crippen LogP contribution in [0.5, 0.6) is 0 Å². The highest BCUT2D eigenvalue weighted by Crippen LogP contribution is 2.02. The molecule has 0 aliphatic carbocycles. The van der Waals surface area contributed by atoms with Gasteiger partial charge in [0.2, 0.25) is 0 Å². The lowest BCUT2D eigenvalue weighted by Gasteiger charge is -2.05. The van der Waals surface area contributed by atoms with Crippen molar-refractivity contribution in [1.29, 1.82) is 0 Å². The number of rotatable bonds is 3. The zero-order valence-corrected chi connectivity index (χ0v) is 4.54. The zero-order valence-electron chi connectivity index (χ0n) is 4.54. The molecule has 0 rings (SSSR count). The molecule has 0 saturated carbocycles. The molecule has 0 spiro atoms. The standard InChI is InChI=1S/C6H9O2/c1-3-5(7)6(8)4-2/h3-5,7-8H,1-2H2/t5-/m0/s1. The smallest absolute Gasteiger partial charge is 0.147 e. The minimum Gasteiger partial charge on any atom is -0.386 e. The lowest BCUT2D eigenvalue weighted by atomic mass is 10.2. The van der Waals surface area contributed by atoms with Gasteiger partial charge in [-0.15, -0.1) is 13.2 Å². The van der Waals surface area contributed by atoms with Gasteiger partial charge in [0.1, 0.15) is 12.2 Å². The van der Waals surface area contributed by atoms with Crippen LogP contribution < -0.4 is 0 Å². The molecule has 45 valence electrons. The van der Waals surface area contributed by atoms with Crippen molar-refractivity contribution in [2.75, 3.05) is 0 Å². The van der Waals surface area contributed by atoms with Gasteiger partial charge in [0.15, 0.2) is 0 Å². The summed E-state index contributed by atoms with van der Waals surface area (Å²) in [5.41, 5.74) is 0. The lowest BCUT2D eigenvalue weighted by molar-refractivity contribution is 0.153. The van der Waals surface area contributed by atoms with Crippen LogP contribution in [-0.4, -0.2) is 16.3 Å². The quantitative estimate of drug-likeness (QED) is 0.527. The molecule has 1 radical (unpaired) electrons. The molecule has 2 N–H and O–H groups in total. The van der Waals surface area contributed by atoms with Crippen molar-refractivity contribution < 1.29 is 10.2 Å². The first kappa shape index (κ1) is 7.40. The minimum absolute atomic E-state index is 0.167. The number of hydrogen-bond donors (Lipinski definition) is 2. The Bertz CT molecular complexity index is 76.5. The van der Waals surface area contributed by atoms with E-state index in [1.807, 2.05) is 0 Å². The summed E-state index contributed by atoms with van der Waals surface area (Å²) in [5, 5.41) is 17.3. The maximum Gasteiger partial charge on any atom is 0.147 e. The van der Waals surface area contributed by atoms with E-state index >= 15 is 0 Å². The van der Waals surface area contributed by atoms with E-state index in [2.05, 4.69) is 13.2 Å². The van der Waals surface area contributed by atoms with E-state index in [1.54, 1.807) is 0 Å². The van der Waals surface area contributed by atoms with Gasteiger partial charge in [-0.3, -0.25) is 0 Å². The normalized spacial score (nSPS) is 13.4. The fraction of sp³-hybridized carbons (Fsp3) is 0.167. The predicted octanol–water partition coefficient (Wildman–Crippen LogP) is 0.624. The lowest BCUT2D eigenvalue weighted by Crippen LogP contribution is -2.11. The molecule has 0 unspecified atom stereocenters. The predicted molar refractivity (Wildman–Crippen MR) is 31.6 cm³/mol. The highest BCUT2D eigenvalue weighted by Gasteiger charge is 2.07. The molecule has 0 fully saturated rings.